The van der Waals surface area contributed by atoms with E-state index in [1.54, 1.807) is 24.4 Å². The van der Waals surface area contributed by atoms with E-state index in [-0.39, 0.29) is 12.1 Å². The third kappa shape index (κ3) is 7.03. The van der Waals surface area contributed by atoms with Gasteiger partial charge in [0.1, 0.15) is 5.75 Å². The van der Waals surface area contributed by atoms with Gasteiger partial charge in [-0.15, -0.1) is 0 Å². The van der Waals surface area contributed by atoms with Gasteiger partial charge >= 0.3 is 6.01 Å². The zero-order valence-electron chi connectivity index (χ0n) is 25.1. The molecule has 2 aromatic heterocycles. The number of ether oxygens (including phenoxy) is 1. The monoisotopic (exact) mass is 702 g/mol. The van der Waals surface area contributed by atoms with Crippen LogP contribution < -0.4 is 15.0 Å². The average Bonchev–Trinajstić information content (AvgIpc) is 3.10. The van der Waals surface area contributed by atoms with Crippen molar-refractivity contribution in [2.24, 2.45) is 0 Å². The van der Waals surface area contributed by atoms with E-state index in [4.69, 9.17) is 26.3 Å². The molecule has 4 aromatic carbocycles. The maximum absolute atomic E-state index is 9.22. The Kier molecular flexibility index (Phi) is 8.93. The summed E-state index contributed by atoms with van der Waals surface area (Å²) in [5.74, 6) is 1.42. The van der Waals surface area contributed by atoms with E-state index in [1.807, 2.05) is 48.5 Å². The lowest BCUT2D eigenvalue weighted by Gasteiger charge is -2.39. The van der Waals surface area contributed by atoms with Crippen LogP contribution in [0.1, 0.15) is 22.7 Å². The molecule has 11 heteroatoms. The third-order valence-electron chi connectivity index (χ3n) is 8.00. The molecule has 0 aliphatic carbocycles. The number of hydrogen-bond donors (Lipinski definition) is 1. The minimum Gasteiger partial charge on any atom is -0.423 e. The molecule has 6 aromatic rings. The minimum absolute atomic E-state index is 0.0841. The molecule has 232 valence electrons. The molecule has 0 spiro atoms. The summed E-state index contributed by atoms with van der Waals surface area (Å²) < 4.78 is 7.23. The second-order valence-corrected chi connectivity index (χ2v) is 12.4. The van der Waals surface area contributed by atoms with Crippen LogP contribution in [0.2, 0.25) is 5.02 Å². The Labute approximate surface area is 285 Å². The molecule has 1 saturated heterocycles. The van der Waals surface area contributed by atoms with Gasteiger partial charge in [0.2, 0.25) is 11.9 Å². The van der Waals surface area contributed by atoms with Gasteiger partial charge in [-0.05, 0) is 71.8 Å². The molecule has 1 aliphatic rings. The van der Waals surface area contributed by atoms with Crippen LogP contribution in [0, 0.1) is 11.3 Å². The highest BCUT2D eigenvalue weighted by Gasteiger charge is 2.28. The van der Waals surface area contributed by atoms with Crippen LogP contribution in [0.5, 0.6) is 11.8 Å². The number of fused-ring (bicyclic) bond motifs is 1. The molecule has 1 fully saturated rings. The first-order chi connectivity index (χ1) is 23.0. The molecule has 1 unspecified atom stereocenters. The Bertz CT molecular complexity index is 2050. The minimum atomic E-state index is 0.0841. The summed E-state index contributed by atoms with van der Waals surface area (Å²) in [6.45, 7) is 2.96. The van der Waals surface area contributed by atoms with Crippen molar-refractivity contribution in [3.8, 4) is 17.8 Å². The molecular weight excluding hydrogens is 676 g/mol. The molecule has 9 nitrogen and oxygen atoms in total. The Balaban J connectivity index is 1.18. The topological polar surface area (TPSA) is 103 Å². The summed E-state index contributed by atoms with van der Waals surface area (Å²) >= 11 is 9.79. The van der Waals surface area contributed by atoms with Crippen molar-refractivity contribution in [3.63, 3.8) is 0 Å². The maximum atomic E-state index is 9.22. The number of nitrogens with one attached hydrogen (secondary N) is 1. The highest BCUT2D eigenvalue weighted by molar-refractivity contribution is 9.10. The molecule has 0 amide bonds. The molecule has 0 saturated carbocycles. The number of nitrogens with zero attached hydrogens (tertiary/aromatic N) is 7. The van der Waals surface area contributed by atoms with Gasteiger partial charge in [0.05, 0.1) is 23.2 Å². The second-order valence-electron chi connectivity index (χ2n) is 11.0. The third-order valence-corrected chi connectivity index (χ3v) is 8.75. The number of aromatic nitrogens is 4. The SMILES string of the molecule is N#Cc1ccc(Nc2nc(Oc3ccnc4ccc(Br)cc34)nc(N3CCN(C(c4ccccc4)c4ccc(Cl)cc4)CC3)n2)cc1. The number of halogens is 2. The number of piperazine rings is 1. The molecule has 1 atom stereocenters. The van der Waals surface area contributed by atoms with Crippen molar-refractivity contribution >= 4 is 56.0 Å². The lowest BCUT2D eigenvalue weighted by atomic mass is 9.96. The fourth-order valence-corrected chi connectivity index (χ4v) is 6.19. The average molecular weight is 704 g/mol. The molecular formula is C36H28BrClN8O. The Morgan fingerprint density at radius 2 is 1.57 bits per heavy atom. The standard InChI is InChI=1S/C36H28BrClN8O/c37-27-10-15-31-30(22-27)32(16-17-40-31)47-36-43-34(41-29-13-6-24(23-39)7-14-29)42-35(44-36)46-20-18-45(19-21-46)33(25-4-2-1-3-5-25)26-8-11-28(38)12-9-26/h1-17,22,33H,18-21H2,(H,41,42,43,44). The first-order valence-corrected chi connectivity index (χ1v) is 16.2. The number of nitriles is 1. The van der Waals surface area contributed by atoms with Crippen LogP contribution in [0.4, 0.5) is 17.6 Å². The van der Waals surface area contributed by atoms with E-state index in [0.717, 1.165) is 39.2 Å². The van der Waals surface area contributed by atoms with Gasteiger partial charge in [0.15, 0.2) is 0 Å². The summed E-state index contributed by atoms with van der Waals surface area (Å²) in [7, 11) is 0. The molecule has 1 N–H and O–H groups in total. The molecule has 47 heavy (non-hydrogen) atoms. The zero-order valence-corrected chi connectivity index (χ0v) is 27.4. The van der Waals surface area contributed by atoms with Crippen LogP contribution in [-0.2, 0) is 0 Å². The van der Waals surface area contributed by atoms with Gasteiger partial charge in [-0.3, -0.25) is 9.88 Å². The van der Waals surface area contributed by atoms with Crippen molar-refractivity contribution in [1.82, 2.24) is 24.8 Å². The quantitative estimate of drug-likeness (QED) is 0.168. The van der Waals surface area contributed by atoms with E-state index in [1.165, 1.54) is 11.1 Å². The van der Waals surface area contributed by atoms with Crippen LogP contribution in [0.3, 0.4) is 0 Å². The summed E-state index contributed by atoms with van der Waals surface area (Å²) in [4.78, 5) is 23.3. The number of benzene rings is 4. The van der Waals surface area contributed by atoms with Crippen LogP contribution in [0.25, 0.3) is 10.9 Å². The summed E-state index contributed by atoms with van der Waals surface area (Å²) in [5.41, 5.74) is 4.51. The van der Waals surface area contributed by atoms with Gasteiger partial charge in [-0.1, -0.05) is 70.0 Å². The number of hydrogen-bond acceptors (Lipinski definition) is 9. The Hall–Kier alpha value is -5.08. The lowest BCUT2D eigenvalue weighted by molar-refractivity contribution is 0.211. The predicted molar refractivity (Wildman–Crippen MR) is 187 cm³/mol. The van der Waals surface area contributed by atoms with Crippen LogP contribution in [-0.4, -0.2) is 51.0 Å². The number of anilines is 3. The van der Waals surface area contributed by atoms with Gasteiger partial charge < -0.3 is 15.0 Å². The van der Waals surface area contributed by atoms with Crippen molar-refractivity contribution in [2.75, 3.05) is 36.4 Å². The predicted octanol–water partition coefficient (Wildman–Crippen LogP) is 8.15. The van der Waals surface area contributed by atoms with E-state index >= 15 is 0 Å². The summed E-state index contributed by atoms with van der Waals surface area (Å²) in [6, 6.07) is 35.8. The maximum Gasteiger partial charge on any atom is 0.328 e. The largest absolute Gasteiger partial charge is 0.423 e. The van der Waals surface area contributed by atoms with Crippen molar-refractivity contribution < 1.29 is 4.74 Å². The van der Waals surface area contributed by atoms with Gasteiger partial charge in [-0.25, -0.2) is 0 Å². The van der Waals surface area contributed by atoms with E-state index in [2.05, 4.69) is 83.5 Å². The zero-order chi connectivity index (χ0) is 32.2. The Morgan fingerprint density at radius 3 is 2.32 bits per heavy atom. The van der Waals surface area contributed by atoms with Gasteiger partial charge in [-0.2, -0.15) is 20.2 Å². The number of rotatable bonds is 8. The smallest absolute Gasteiger partial charge is 0.328 e. The molecule has 0 radical (unpaired) electrons. The summed E-state index contributed by atoms with van der Waals surface area (Å²) in [5, 5.41) is 14.0. The molecule has 3 heterocycles. The number of pyridine rings is 1. The lowest BCUT2D eigenvalue weighted by Crippen LogP contribution is -2.48. The van der Waals surface area contributed by atoms with Gasteiger partial charge in [0, 0.05) is 52.9 Å². The second kappa shape index (κ2) is 13.7. The Morgan fingerprint density at radius 1 is 0.830 bits per heavy atom. The van der Waals surface area contributed by atoms with Crippen molar-refractivity contribution in [3.05, 3.63) is 136 Å². The van der Waals surface area contributed by atoms with Crippen LogP contribution >= 0.6 is 27.5 Å². The highest BCUT2D eigenvalue weighted by atomic mass is 79.9. The molecule has 0 bridgehead atoms. The van der Waals surface area contributed by atoms with E-state index in [0.29, 0.717) is 36.3 Å². The van der Waals surface area contributed by atoms with Crippen molar-refractivity contribution in [2.45, 2.75) is 6.04 Å². The van der Waals surface area contributed by atoms with E-state index < -0.39 is 0 Å². The van der Waals surface area contributed by atoms with Gasteiger partial charge in [0.25, 0.3) is 0 Å². The molecule has 1 aliphatic heterocycles. The normalized spacial score (nSPS) is 14.0. The fourth-order valence-electron chi connectivity index (χ4n) is 5.70. The van der Waals surface area contributed by atoms with E-state index in [9.17, 15) is 5.26 Å². The molecule has 7 rings (SSSR count). The highest BCUT2D eigenvalue weighted by Crippen LogP contribution is 2.33. The summed E-state index contributed by atoms with van der Waals surface area (Å²) in [6.07, 6.45) is 1.70. The van der Waals surface area contributed by atoms with Crippen LogP contribution in [0.15, 0.2) is 114 Å². The fraction of sp³-hybridized carbons (Fsp3) is 0.139. The first kappa shape index (κ1) is 30.6. The first-order valence-electron chi connectivity index (χ1n) is 15.1. The van der Waals surface area contributed by atoms with Crippen molar-refractivity contribution in [1.29, 1.82) is 5.26 Å².